The van der Waals surface area contributed by atoms with Crippen LogP contribution in [-0.2, 0) is 9.53 Å². The summed E-state index contributed by atoms with van der Waals surface area (Å²) in [6.45, 7) is 8.38. The third-order valence-electron chi connectivity index (χ3n) is 3.76. The van der Waals surface area contributed by atoms with Crippen molar-refractivity contribution < 1.29 is 19.4 Å². The van der Waals surface area contributed by atoms with Crippen molar-refractivity contribution in [3.63, 3.8) is 0 Å². The Bertz CT molecular complexity index is 349. The Morgan fingerprint density at radius 1 is 1.37 bits per heavy atom. The number of carboxylic acids is 1. The van der Waals surface area contributed by atoms with Crippen LogP contribution in [-0.4, -0.2) is 52.8 Å². The highest BCUT2D eigenvalue weighted by Crippen LogP contribution is 2.22. The van der Waals surface area contributed by atoms with E-state index in [-0.39, 0.29) is 11.6 Å². The Morgan fingerprint density at radius 3 is 2.32 bits per heavy atom. The Balaban J connectivity index is 2.77. The van der Waals surface area contributed by atoms with Gasteiger partial charge in [0, 0.05) is 25.3 Å². The third kappa shape index (κ3) is 3.59. The Morgan fingerprint density at radius 2 is 1.89 bits per heavy atom. The number of nitrogens with one attached hydrogen (secondary N) is 1. The van der Waals surface area contributed by atoms with Crippen molar-refractivity contribution in [3.8, 4) is 0 Å². The number of amides is 2. The fourth-order valence-corrected chi connectivity index (χ4v) is 2.18. The molecule has 110 valence electrons. The van der Waals surface area contributed by atoms with Crippen molar-refractivity contribution in [2.75, 3.05) is 19.8 Å². The number of carbonyl (C=O) groups is 2. The van der Waals surface area contributed by atoms with E-state index in [0.717, 1.165) is 12.8 Å². The lowest BCUT2D eigenvalue weighted by Crippen LogP contribution is -2.60. The van der Waals surface area contributed by atoms with Crippen LogP contribution >= 0.6 is 0 Å². The fourth-order valence-electron chi connectivity index (χ4n) is 2.18. The number of carboxylic acid groups (broad SMARTS) is 1. The number of ether oxygens (including phenoxy) is 1. The van der Waals surface area contributed by atoms with Crippen LogP contribution in [0.3, 0.4) is 0 Å². The first kappa shape index (κ1) is 15.8. The van der Waals surface area contributed by atoms with E-state index < -0.39 is 11.5 Å². The van der Waals surface area contributed by atoms with Gasteiger partial charge >= 0.3 is 12.0 Å². The maximum Gasteiger partial charge on any atom is 0.329 e. The molecule has 0 aliphatic carbocycles. The fraction of sp³-hybridized carbons (Fsp3) is 0.846. The number of rotatable bonds is 4. The molecule has 1 rings (SSSR count). The maximum absolute atomic E-state index is 12.3. The minimum atomic E-state index is -1.22. The van der Waals surface area contributed by atoms with Crippen LogP contribution < -0.4 is 5.32 Å². The molecule has 0 spiro atoms. The van der Waals surface area contributed by atoms with E-state index in [2.05, 4.69) is 5.32 Å². The Kier molecular flexibility index (Phi) is 4.79. The molecule has 0 saturated carbocycles. The van der Waals surface area contributed by atoms with E-state index in [1.807, 2.05) is 6.92 Å². The van der Waals surface area contributed by atoms with Gasteiger partial charge in [0.05, 0.1) is 0 Å². The average molecular weight is 272 g/mol. The molecule has 0 atom stereocenters. The van der Waals surface area contributed by atoms with Crippen molar-refractivity contribution in [2.45, 2.75) is 51.6 Å². The minimum Gasteiger partial charge on any atom is -0.480 e. The highest BCUT2D eigenvalue weighted by Gasteiger charge is 2.39. The van der Waals surface area contributed by atoms with Crippen LogP contribution in [0.25, 0.3) is 0 Å². The zero-order valence-electron chi connectivity index (χ0n) is 12.2. The summed E-state index contributed by atoms with van der Waals surface area (Å²) in [6.07, 6.45) is 1.48. The summed E-state index contributed by atoms with van der Waals surface area (Å²) < 4.78 is 5.28. The molecule has 0 radical (unpaired) electrons. The van der Waals surface area contributed by atoms with Crippen molar-refractivity contribution in [1.29, 1.82) is 0 Å². The molecule has 1 aliphatic heterocycles. The average Bonchev–Trinajstić information content (AvgIpc) is 2.29. The standard InChI is InChI=1S/C13H24N2O4/c1-5-15(12(2,3)10(16)17)11(18)14-13(4)6-8-19-9-7-13/h5-9H2,1-4H3,(H,14,18)(H,16,17). The molecule has 2 N–H and O–H groups in total. The molecule has 6 heteroatoms. The van der Waals surface area contributed by atoms with Crippen molar-refractivity contribution in [2.24, 2.45) is 0 Å². The number of nitrogens with zero attached hydrogens (tertiary/aromatic N) is 1. The first-order valence-corrected chi connectivity index (χ1v) is 6.64. The van der Waals surface area contributed by atoms with Gasteiger partial charge in [0.25, 0.3) is 0 Å². The Labute approximate surface area is 114 Å². The molecular weight excluding hydrogens is 248 g/mol. The molecule has 6 nitrogen and oxygen atoms in total. The molecule has 1 saturated heterocycles. The number of urea groups is 1. The number of aliphatic carboxylic acids is 1. The third-order valence-corrected chi connectivity index (χ3v) is 3.76. The van der Waals surface area contributed by atoms with E-state index in [0.29, 0.717) is 19.8 Å². The summed E-state index contributed by atoms with van der Waals surface area (Å²) in [4.78, 5) is 24.9. The molecule has 0 aromatic heterocycles. The van der Waals surface area contributed by atoms with Gasteiger partial charge in [-0.15, -0.1) is 0 Å². The lowest BCUT2D eigenvalue weighted by molar-refractivity contribution is -0.147. The summed E-state index contributed by atoms with van der Waals surface area (Å²) in [5.74, 6) is -1.01. The zero-order valence-corrected chi connectivity index (χ0v) is 12.2. The van der Waals surface area contributed by atoms with Gasteiger partial charge in [-0.05, 0) is 40.5 Å². The molecule has 1 aliphatic rings. The Hall–Kier alpha value is -1.30. The molecule has 0 aromatic rings. The second kappa shape index (κ2) is 5.77. The van der Waals surface area contributed by atoms with Crippen molar-refractivity contribution in [3.05, 3.63) is 0 Å². The summed E-state index contributed by atoms with van der Waals surface area (Å²) in [7, 11) is 0. The van der Waals surface area contributed by atoms with Gasteiger partial charge in [0.1, 0.15) is 5.54 Å². The highest BCUT2D eigenvalue weighted by atomic mass is 16.5. The van der Waals surface area contributed by atoms with Crippen LogP contribution in [0.4, 0.5) is 4.79 Å². The topological polar surface area (TPSA) is 78.9 Å². The molecule has 0 unspecified atom stereocenters. The van der Waals surface area contributed by atoms with Gasteiger partial charge in [0.15, 0.2) is 0 Å². The largest absolute Gasteiger partial charge is 0.480 e. The number of carbonyl (C=O) groups excluding carboxylic acids is 1. The number of hydrogen-bond donors (Lipinski definition) is 2. The van der Waals surface area contributed by atoms with Gasteiger partial charge in [-0.1, -0.05) is 0 Å². The van der Waals surface area contributed by atoms with Crippen LogP contribution in [0.5, 0.6) is 0 Å². The van der Waals surface area contributed by atoms with E-state index in [4.69, 9.17) is 4.74 Å². The molecule has 1 fully saturated rings. The summed E-state index contributed by atoms with van der Waals surface area (Å²) >= 11 is 0. The van der Waals surface area contributed by atoms with Crippen molar-refractivity contribution >= 4 is 12.0 Å². The first-order valence-electron chi connectivity index (χ1n) is 6.64. The molecule has 1 heterocycles. The molecule has 0 bridgehead atoms. The predicted molar refractivity (Wildman–Crippen MR) is 71.1 cm³/mol. The van der Waals surface area contributed by atoms with Gasteiger partial charge in [-0.25, -0.2) is 9.59 Å². The van der Waals surface area contributed by atoms with Gasteiger partial charge in [0.2, 0.25) is 0 Å². The maximum atomic E-state index is 12.3. The normalized spacial score (nSPS) is 18.7. The van der Waals surface area contributed by atoms with E-state index in [1.165, 1.54) is 18.7 Å². The molecule has 2 amide bonds. The number of hydrogen-bond acceptors (Lipinski definition) is 3. The zero-order chi connectivity index (χ0) is 14.7. The minimum absolute atomic E-state index is 0.322. The van der Waals surface area contributed by atoms with Crippen LogP contribution in [0.1, 0.15) is 40.5 Å². The summed E-state index contributed by atoms with van der Waals surface area (Å²) in [5.41, 5.74) is -1.54. The van der Waals surface area contributed by atoms with E-state index in [9.17, 15) is 14.7 Å². The SMILES string of the molecule is CCN(C(=O)NC1(C)CCOCC1)C(C)(C)C(=O)O. The van der Waals surface area contributed by atoms with E-state index >= 15 is 0 Å². The molecular formula is C13H24N2O4. The van der Waals surface area contributed by atoms with Crippen molar-refractivity contribution in [1.82, 2.24) is 10.2 Å². The first-order chi connectivity index (χ1) is 8.73. The molecule has 0 aromatic carbocycles. The number of likely N-dealkylation sites (N-methyl/N-ethyl adjacent to an activating group) is 1. The summed E-state index contributed by atoms with van der Waals surface area (Å²) in [6, 6.07) is -0.334. The van der Waals surface area contributed by atoms with Crippen LogP contribution in [0.2, 0.25) is 0 Å². The van der Waals surface area contributed by atoms with Gasteiger partial charge < -0.3 is 20.1 Å². The highest BCUT2D eigenvalue weighted by molar-refractivity contribution is 5.85. The van der Waals surface area contributed by atoms with Gasteiger partial charge in [-0.3, -0.25) is 0 Å². The molecule has 19 heavy (non-hydrogen) atoms. The lowest BCUT2D eigenvalue weighted by Gasteiger charge is -2.40. The van der Waals surface area contributed by atoms with Crippen LogP contribution in [0.15, 0.2) is 0 Å². The second-order valence-electron chi connectivity index (χ2n) is 5.71. The summed E-state index contributed by atoms with van der Waals surface area (Å²) in [5, 5.41) is 12.2. The predicted octanol–water partition coefficient (Wildman–Crippen LogP) is 1.45. The quantitative estimate of drug-likeness (QED) is 0.812. The van der Waals surface area contributed by atoms with Crippen LogP contribution in [0, 0.1) is 0 Å². The lowest BCUT2D eigenvalue weighted by atomic mass is 9.92. The van der Waals surface area contributed by atoms with E-state index in [1.54, 1.807) is 6.92 Å². The monoisotopic (exact) mass is 272 g/mol. The van der Waals surface area contributed by atoms with Gasteiger partial charge in [-0.2, -0.15) is 0 Å². The second-order valence-corrected chi connectivity index (χ2v) is 5.71. The smallest absolute Gasteiger partial charge is 0.329 e.